The summed E-state index contributed by atoms with van der Waals surface area (Å²) in [7, 11) is 1.52. The molecule has 2 heterocycles. The van der Waals surface area contributed by atoms with Gasteiger partial charge in [-0.1, -0.05) is 11.6 Å². The summed E-state index contributed by atoms with van der Waals surface area (Å²) in [6, 6.07) is 4.99. The van der Waals surface area contributed by atoms with Crippen LogP contribution in [0.2, 0.25) is 5.02 Å². The number of hydrogen-bond donors (Lipinski definition) is 2. The van der Waals surface area contributed by atoms with Crippen molar-refractivity contribution in [3.63, 3.8) is 0 Å². The first-order valence-corrected chi connectivity index (χ1v) is 9.51. The minimum Gasteiger partial charge on any atom is -0.495 e. The molecule has 142 valence electrons. The summed E-state index contributed by atoms with van der Waals surface area (Å²) >= 11 is 7.36. The van der Waals surface area contributed by atoms with Crippen molar-refractivity contribution in [1.82, 2.24) is 14.8 Å². The monoisotopic (exact) mass is 406 g/mol. The summed E-state index contributed by atoms with van der Waals surface area (Å²) in [6.07, 6.45) is 0.466. The smallest absolute Gasteiger partial charge is 0.276 e. The summed E-state index contributed by atoms with van der Waals surface area (Å²) in [5, 5.41) is 8.76. The summed E-state index contributed by atoms with van der Waals surface area (Å²) in [6.45, 7) is 3.68. The van der Waals surface area contributed by atoms with E-state index < -0.39 is 0 Å². The van der Waals surface area contributed by atoms with Gasteiger partial charge in [-0.3, -0.25) is 14.7 Å². The Bertz CT molecular complexity index is 1040. The fourth-order valence-corrected chi connectivity index (χ4v) is 3.62. The summed E-state index contributed by atoms with van der Waals surface area (Å²) < 4.78 is 6.64. The van der Waals surface area contributed by atoms with E-state index in [0.717, 1.165) is 11.4 Å². The molecule has 0 aliphatic carbocycles. The number of carbonyl (C=O) groups excluding carboxylic acids is 1. The molecule has 0 aliphatic rings. The standard InChI is InChI=1S/C18H19ClN4O3S/c1-10-9-27-18(20-10)23-17(25)13(11(2)22-23)5-7-16(24)21-14-8-12(19)4-6-15(14)26-3/h4,6,8-9,22H,5,7H2,1-3H3,(H,21,24). The lowest BCUT2D eigenvalue weighted by Crippen LogP contribution is -2.19. The van der Waals surface area contributed by atoms with E-state index in [1.54, 1.807) is 18.2 Å². The number of ether oxygens (including phenoxy) is 1. The number of thiazole rings is 1. The second-order valence-corrected chi connectivity index (χ2v) is 7.29. The molecule has 0 saturated heterocycles. The SMILES string of the molecule is COc1ccc(Cl)cc1NC(=O)CCc1c(C)[nH]n(-c2nc(C)cs2)c1=O. The van der Waals surface area contributed by atoms with Crippen LogP contribution in [-0.4, -0.2) is 27.8 Å². The van der Waals surface area contributed by atoms with E-state index in [4.69, 9.17) is 16.3 Å². The molecule has 0 fully saturated rings. The zero-order valence-electron chi connectivity index (χ0n) is 15.1. The van der Waals surface area contributed by atoms with Crippen molar-refractivity contribution < 1.29 is 9.53 Å². The number of nitrogens with zero attached hydrogens (tertiary/aromatic N) is 2. The van der Waals surface area contributed by atoms with Crippen LogP contribution in [0.1, 0.15) is 23.4 Å². The zero-order valence-corrected chi connectivity index (χ0v) is 16.7. The Morgan fingerprint density at radius 1 is 1.41 bits per heavy atom. The van der Waals surface area contributed by atoms with Crippen molar-refractivity contribution in [3.05, 3.63) is 55.9 Å². The van der Waals surface area contributed by atoms with E-state index in [-0.39, 0.29) is 17.9 Å². The van der Waals surface area contributed by atoms with Gasteiger partial charge in [0.25, 0.3) is 5.56 Å². The van der Waals surface area contributed by atoms with Gasteiger partial charge in [-0.25, -0.2) is 4.98 Å². The van der Waals surface area contributed by atoms with E-state index in [9.17, 15) is 9.59 Å². The molecule has 0 atom stereocenters. The molecule has 0 bridgehead atoms. The summed E-state index contributed by atoms with van der Waals surface area (Å²) in [5.41, 5.74) is 2.45. The third kappa shape index (κ3) is 4.23. The highest BCUT2D eigenvalue weighted by Crippen LogP contribution is 2.27. The number of aromatic amines is 1. The lowest BCUT2D eigenvalue weighted by atomic mass is 10.1. The largest absolute Gasteiger partial charge is 0.495 e. The second kappa shape index (κ2) is 7.98. The lowest BCUT2D eigenvalue weighted by molar-refractivity contribution is -0.116. The highest BCUT2D eigenvalue weighted by Gasteiger charge is 2.16. The highest BCUT2D eigenvalue weighted by atomic mass is 35.5. The van der Waals surface area contributed by atoms with E-state index in [2.05, 4.69) is 15.4 Å². The molecule has 9 heteroatoms. The highest BCUT2D eigenvalue weighted by molar-refractivity contribution is 7.12. The van der Waals surface area contributed by atoms with Gasteiger partial charge in [0.2, 0.25) is 11.0 Å². The number of aryl methyl sites for hydroxylation is 2. The van der Waals surface area contributed by atoms with Gasteiger partial charge >= 0.3 is 0 Å². The molecular weight excluding hydrogens is 388 g/mol. The Balaban J connectivity index is 1.72. The van der Waals surface area contributed by atoms with E-state index in [1.165, 1.54) is 23.1 Å². The van der Waals surface area contributed by atoms with E-state index >= 15 is 0 Å². The third-order valence-electron chi connectivity index (χ3n) is 4.03. The molecule has 0 radical (unpaired) electrons. The van der Waals surface area contributed by atoms with Gasteiger partial charge in [0.1, 0.15) is 5.75 Å². The van der Waals surface area contributed by atoms with Crippen molar-refractivity contribution in [2.24, 2.45) is 0 Å². The fourth-order valence-electron chi connectivity index (χ4n) is 2.68. The van der Waals surface area contributed by atoms with Crippen molar-refractivity contribution >= 4 is 34.5 Å². The molecular formula is C18H19ClN4O3S. The molecule has 1 amide bonds. The van der Waals surface area contributed by atoms with Gasteiger partial charge in [0.15, 0.2) is 0 Å². The van der Waals surface area contributed by atoms with Gasteiger partial charge < -0.3 is 10.1 Å². The Labute approximate surface area is 164 Å². The Morgan fingerprint density at radius 2 is 2.19 bits per heavy atom. The third-order valence-corrected chi connectivity index (χ3v) is 5.21. The molecule has 0 unspecified atom stereocenters. The van der Waals surface area contributed by atoms with Crippen LogP contribution in [0.5, 0.6) is 5.75 Å². The summed E-state index contributed by atoms with van der Waals surface area (Å²) in [4.78, 5) is 29.3. The maximum Gasteiger partial charge on any atom is 0.276 e. The molecule has 27 heavy (non-hydrogen) atoms. The average molecular weight is 407 g/mol. The second-order valence-electron chi connectivity index (χ2n) is 6.02. The van der Waals surface area contributed by atoms with E-state index in [1.807, 2.05) is 19.2 Å². The van der Waals surface area contributed by atoms with Crippen molar-refractivity contribution in [2.75, 3.05) is 12.4 Å². The Kier molecular flexibility index (Phi) is 5.67. The molecule has 2 N–H and O–H groups in total. The fraction of sp³-hybridized carbons (Fsp3) is 0.278. The molecule has 3 rings (SSSR count). The quantitative estimate of drug-likeness (QED) is 0.655. The lowest BCUT2D eigenvalue weighted by Gasteiger charge is -2.10. The number of halogens is 1. The van der Waals surface area contributed by atoms with Crippen molar-refractivity contribution in [3.8, 4) is 10.9 Å². The molecule has 0 saturated carbocycles. The maximum absolute atomic E-state index is 12.6. The normalized spacial score (nSPS) is 10.8. The van der Waals surface area contributed by atoms with Gasteiger partial charge in [-0.05, 0) is 38.5 Å². The number of benzene rings is 1. The zero-order chi connectivity index (χ0) is 19.6. The van der Waals surface area contributed by atoms with E-state index in [0.29, 0.717) is 33.6 Å². The van der Waals surface area contributed by atoms with Crippen LogP contribution in [0.15, 0.2) is 28.4 Å². The molecule has 0 spiro atoms. The van der Waals surface area contributed by atoms with Crippen LogP contribution in [0, 0.1) is 13.8 Å². The minimum absolute atomic E-state index is 0.153. The number of amides is 1. The Hall–Kier alpha value is -2.58. The Morgan fingerprint density at radius 3 is 2.85 bits per heavy atom. The van der Waals surface area contributed by atoms with Crippen LogP contribution in [0.4, 0.5) is 5.69 Å². The molecule has 0 aliphatic heterocycles. The van der Waals surface area contributed by atoms with Crippen molar-refractivity contribution in [1.29, 1.82) is 0 Å². The predicted molar refractivity (Wildman–Crippen MR) is 106 cm³/mol. The van der Waals surface area contributed by atoms with Crippen LogP contribution in [-0.2, 0) is 11.2 Å². The first-order valence-electron chi connectivity index (χ1n) is 8.25. The number of anilines is 1. The molecule has 7 nitrogen and oxygen atoms in total. The minimum atomic E-state index is -0.229. The predicted octanol–water partition coefficient (Wildman–Crippen LogP) is 3.47. The van der Waals surface area contributed by atoms with Gasteiger partial charge in [0.05, 0.1) is 18.5 Å². The first kappa shape index (κ1) is 19.2. The maximum atomic E-state index is 12.6. The summed E-state index contributed by atoms with van der Waals surface area (Å²) in [5.74, 6) is 0.291. The van der Waals surface area contributed by atoms with Gasteiger partial charge in [-0.2, -0.15) is 4.68 Å². The number of aromatic nitrogens is 3. The van der Waals surface area contributed by atoms with Crippen LogP contribution in [0.25, 0.3) is 5.13 Å². The molecule has 1 aromatic carbocycles. The van der Waals surface area contributed by atoms with Crippen LogP contribution >= 0.6 is 22.9 Å². The number of H-pyrrole nitrogens is 1. The van der Waals surface area contributed by atoms with Crippen molar-refractivity contribution in [2.45, 2.75) is 26.7 Å². The topological polar surface area (TPSA) is 89.0 Å². The van der Waals surface area contributed by atoms with Crippen LogP contribution < -0.4 is 15.6 Å². The molecule has 3 aromatic rings. The van der Waals surface area contributed by atoms with Crippen LogP contribution in [0.3, 0.4) is 0 Å². The van der Waals surface area contributed by atoms with Gasteiger partial charge in [-0.15, -0.1) is 11.3 Å². The first-order chi connectivity index (χ1) is 12.9. The van der Waals surface area contributed by atoms with Gasteiger partial charge in [0, 0.05) is 28.1 Å². The number of hydrogen-bond acceptors (Lipinski definition) is 5. The average Bonchev–Trinajstić information content (AvgIpc) is 3.17. The number of nitrogens with one attached hydrogen (secondary N) is 2. The number of carbonyl (C=O) groups is 1. The molecule has 2 aromatic heterocycles. The number of rotatable bonds is 6. The number of methoxy groups -OCH3 is 1.